The van der Waals surface area contributed by atoms with Crippen LogP contribution in [0.4, 0.5) is 0 Å². The summed E-state index contributed by atoms with van der Waals surface area (Å²) >= 11 is 0.511. The molecule has 2 aromatic rings. The monoisotopic (exact) mass is 746 g/mol. The Morgan fingerprint density at radius 3 is 0.974 bits per heavy atom. The maximum absolute atomic E-state index is 6.30. The Hall–Kier alpha value is -0.962. The van der Waals surface area contributed by atoms with Gasteiger partial charge in [-0.15, -0.1) is 0 Å². The van der Waals surface area contributed by atoms with Crippen LogP contribution in [0.5, 0.6) is 23.0 Å². The van der Waals surface area contributed by atoms with Crippen LogP contribution in [0.3, 0.4) is 0 Å². The first kappa shape index (κ1) is 34.2. The van der Waals surface area contributed by atoms with Gasteiger partial charge in [-0.05, 0) is 0 Å². The van der Waals surface area contributed by atoms with Crippen LogP contribution >= 0.6 is 0 Å². The van der Waals surface area contributed by atoms with E-state index in [0.717, 1.165) is 31.9 Å². The zero-order chi connectivity index (χ0) is 28.6. The van der Waals surface area contributed by atoms with Crippen LogP contribution < -0.4 is 27.9 Å². The second-order valence-corrected chi connectivity index (χ2v) is 24.5. The molecular weight excluding hydrogens is 701 g/mol. The van der Waals surface area contributed by atoms with Gasteiger partial charge in [-0.25, -0.2) is 0 Å². The van der Waals surface area contributed by atoms with E-state index in [9.17, 15) is 0 Å². The van der Waals surface area contributed by atoms with E-state index in [0.29, 0.717) is 26.4 Å². The van der Waals surface area contributed by atoms with E-state index in [1.165, 1.54) is 0 Å². The number of hydrogen-bond donors (Lipinski definition) is 0. The Balaban J connectivity index is 2.33. The van der Waals surface area contributed by atoms with Crippen molar-refractivity contribution in [3.63, 3.8) is 0 Å². The summed E-state index contributed by atoms with van der Waals surface area (Å²) in [5, 5.41) is 0. The van der Waals surface area contributed by atoms with Crippen molar-refractivity contribution in [2.24, 2.45) is 0 Å². The third-order valence-electron chi connectivity index (χ3n) is 5.04. The van der Waals surface area contributed by atoms with Crippen molar-refractivity contribution in [3.8, 4) is 23.0 Å². The average Bonchev–Trinajstić information content (AvgIpc) is 2.87. The summed E-state index contributed by atoms with van der Waals surface area (Å²) in [4.78, 5) is 0. The minimum atomic E-state index is -0.0760. The minimum absolute atomic E-state index is 0.0760. The molecule has 0 bridgehead atoms. The van der Waals surface area contributed by atoms with Gasteiger partial charge in [0.15, 0.2) is 0 Å². The van der Waals surface area contributed by atoms with Crippen LogP contribution in [-0.2, 0) is 18.9 Å². The van der Waals surface area contributed by atoms with E-state index < -0.39 is 0 Å². The quantitative estimate of drug-likeness (QED) is 0.192. The van der Waals surface area contributed by atoms with E-state index in [1.807, 2.05) is 64.1 Å². The first-order valence-corrected chi connectivity index (χ1v) is 23.1. The summed E-state index contributed by atoms with van der Waals surface area (Å²) in [6.07, 6.45) is -0.304. The molecule has 0 N–H and O–H groups in total. The summed E-state index contributed by atoms with van der Waals surface area (Å²) in [5.74, 6) is 3.40. The molecule has 0 aliphatic heterocycles. The van der Waals surface area contributed by atoms with Crippen LogP contribution in [0, 0.1) is 0 Å². The molecule has 0 saturated carbocycles. The number of hydrogen-bond acceptors (Lipinski definition) is 8. The van der Waals surface area contributed by atoms with Crippen molar-refractivity contribution < 1.29 is 37.9 Å². The molecule has 2 rings (SSSR count). The summed E-state index contributed by atoms with van der Waals surface area (Å²) in [6.45, 7) is 10.1. The van der Waals surface area contributed by atoms with Crippen LogP contribution in [-0.4, -0.2) is 117 Å². The molecular formula is C28H42O8Se3. The molecule has 0 unspecified atom stereocenters. The average molecular weight is 744 g/mol. The third-order valence-corrected chi connectivity index (χ3v) is 20.5. The van der Waals surface area contributed by atoms with E-state index >= 15 is 0 Å². The number of benzene rings is 2. The van der Waals surface area contributed by atoms with Crippen molar-refractivity contribution in [1.82, 2.24) is 0 Å². The topological polar surface area (TPSA) is 73.8 Å². The summed E-state index contributed by atoms with van der Waals surface area (Å²) in [6, 6.07) is 12.0. The second kappa shape index (κ2) is 19.2. The molecule has 0 heterocycles. The van der Waals surface area contributed by atoms with Gasteiger partial charge in [-0.3, -0.25) is 0 Å². The number of rotatable bonds is 20. The van der Waals surface area contributed by atoms with Crippen LogP contribution in [0.25, 0.3) is 0 Å². The molecule has 0 radical (unpaired) electrons. The molecule has 2 aromatic carbocycles. The maximum atomic E-state index is 6.30. The van der Waals surface area contributed by atoms with Crippen LogP contribution in [0.15, 0.2) is 36.4 Å². The molecule has 11 heteroatoms. The summed E-state index contributed by atoms with van der Waals surface area (Å²) < 4.78 is 48.6. The van der Waals surface area contributed by atoms with Crippen molar-refractivity contribution >= 4 is 46.5 Å². The second-order valence-electron chi connectivity index (χ2n) is 8.94. The van der Waals surface area contributed by atoms with Crippen molar-refractivity contribution in [1.29, 1.82) is 0 Å². The Kier molecular flexibility index (Phi) is 16.9. The molecule has 4 atom stereocenters. The molecule has 0 spiro atoms. The molecule has 0 saturated heterocycles. The normalized spacial score (nSPS) is 14.4. The number of methoxy groups -OCH3 is 4. The Labute approximate surface area is 249 Å². The molecule has 0 amide bonds. The first-order chi connectivity index (χ1) is 18.8. The molecule has 0 aliphatic carbocycles. The van der Waals surface area contributed by atoms with E-state index in [-0.39, 0.29) is 62.0 Å². The molecule has 8 nitrogen and oxygen atoms in total. The van der Waals surface area contributed by atoms with Gasteiger partial charge in [0.2, 0.25) is 0 Å². The van der Waals surface area contributed by atoms with Crippen LogP contribution in [0.2, 0.25) is 0 Å². The zero-order valence-electron chi connectivity index (χ0n) is 24.1. The first-order valence-electron chi connectivity index (χ1n) is 12.7. The summed E-state index contributed by atoms with van der Waals surface area (Å²) in [7, 11) is 6.73. The zero-order valence-corrected chi connectivity index (χ0v) is 29.2. The van der Waals surface area contributed by atoms with Crippen molar-refractivity contribution in [3.05, 3.63) is 36.4 Å². The van der Waals surface area contributed by atoms with Gasteiger partial charge in [0, 0.05) is 0 Å². The third kappa shape index (κ3) is 12.2. The standard InChI is InChI=1S/C28H42O8Se3/c1-19(15-29-5)33-23-11-9-12-24(34-20(2)16-30-6)27(23)37-39-38-28-25(35-21(3)17-31-7)13-10-14-26(28)36-22(4)18-32-8/h9-14,19-22H,15-18H2,1-8H3/t19-,20-,21-,22-/m1/s1. The molecule has 220 valence electrons. The summed E-state index contributed by atoms with van der Waals surface area (Å²) in [5.41, 5.74) is 0. The molecule has 0 fully saturated rings. The molecule has 0 aliphatic rings. The van der Waals surface area contributed by atoms with E-state index in [4.69, 9.17) is 37.9 Å². The number of ether oxygens (including phenoxy) is 8. The van der Waals surface area contributed by atoms with Crippen molar-refractivity contribution in [2.45, 2.75) is 52.1 Å². The van der Waals surface area contributed by atoms with Gasteiger partial charge in [0.1, 0.15) is 0 Å². The molecule has 0 aromatic heterocycles. The van der Waals surface area contributed by atoms with Gasteiger partial charge in [0.25, 0.3) is 0 Å². The Morgan fingerprint density at radius 2 is 0.744 bits per heavy atom. The van der Waals surface area contributed by atoms with Gasteiger partial charge in [0.05, 0.1) is 0 Å². The van der Waals surface area contributed by atoms with Crippen LogP contribution in [0.1, 0.15) is 27.7 Å². The Bertz CT molecular complexity index is 824. The van der Waals surface area contributed by atoms with Gasteiger partial charge in [-0.1, -0.05) is 0 Å². The molecule has 39 heavy (non-hydrogen) atoms. The van der Waals surface area contributed by atoms with Gasteiger partial charge in [-0.2, -0.15) is 0 Å². The van der Waals surface area contributed by atoms with Crippen molar-refractivity contribution in [2.75, 3.05) is 54.9 Å². The van der Waals surface area contributed by atoms with Gasteiger partial charge >= 0.3 is 251 Å². The predicted molar refractivity (Wildman–Crippen MR) is 157 cm³/mol. The van der Waals surface area contributed by atoms with Gasteiger partial charge < -0.3 is 0 Å². The fourth-order valence-corrected chi connectivity index (χ4v) is 20.6. The Morgan fingerprint density at radius 1 is 0.487 bits per heavy atom. The fourth-order valence-electron chi connectivity index (χ4n) is 3.55. The van der Waals surface area contributed by atoms with E-state index in [2.05, 4.69) is 0 Å². The SMILES string of the molecule is COC[C@@H](C)Oc1cccc(O[C@H](C)COC)c1[Se][Se][Se]c1c(O[C@H](C)COC)cccc1O[C@H](C)COC. The van der Waals surface area contributed by atoms with E-state index in [1.54, 1.807) is 28.4 Å². The predicted octanol–water partition coefficient (Wildman–Crippen LogP) is 2.23. The fraction of sp³-hybridized carbons (Fsp3) is 0.571.